The first-order chi connectivity index (χ1) is 17.9. The molecule has 3 heterocycles. The number of aliphatic hydroxyl groups is 1. The van der Waals surface area contributed by atoms with Crippen molar-refractivity contribution in [3.8, 4) is 11.5 Å². The third-order valence-corrected chi connectivity index (χ3v) is 6.56. The lowest BCUT2D eigenvalue weighted by Crippen LogP contribution is -2.36. The zero-order chi connectivity index (χ0) is 25.9. The molecule has 0 unspecified atom stereocenters. The standard InChI is InChI=1S/C28H28N4O5/c1-16-11-19(37-18-5-3-2-4-6-18)9-10-21(16)26(34)22-12-30-28-24(22)25(23(13-31-28)27(29)35)32-17-7-8-20(14-33)36-15-17/h2-6,9-13,17,20,33H,7-8,14-15H2,1H3,(H2,29,35)(H2,30,31,32)/t17-,20+/m1/s1. The van der Waals surface area contributed by atoms with Gasteiger partial charge in [0.25, 0.3) is 5.91 Å². The molecule has 37 heavy (non-hydrogen) atoms. The summed E-state index contributed by atoms with van der Waals surface area (Å²) < 4.78 is 11.6. The number of aromatic nitrogens is 2. The number of carbonyl (C=O) groups is 2. The Bertz CT molecular complexity index is 1440. The summed E-state index contributed by atoms with van der Waals surface area (Å²) in [6.45, 7) is 2.16. The van der Waals surface area contributed by atoms with E-state index in [0.29, 0.717) is 52.4 Å². The highest BCUT2D eigenvalue weighted by Crippen LogP contribution is 2.33. The number of carbonyl (C=O) groups excluding carboxylic acids is 2. The number of ketones is 1. The number of anilines is 1. The molecule has 1 amide bonds. The number of nitrogens with one attached hydrogen (secondary N) is 2. The molecular formula is C28H28N4O5. The van der Waals surface area contributed by atoms with Crippen LogP contribution in [-0.4, -0.2) is 52.1 Å². The summed E-state index contributed by atoms with van der Waals surface area (Å²) in [7, 11) is 0. The molecule has 0 aliphatic carbocycles. The van der Waals surface area contributed by atoms with Gasteiger partial charge in [0.1, 0.15) is 17.1 Å². The second-order valence-corrected chi connectivity index (χ2v) is 9.11. The van der Waals surface area contributed by atoms with Gasteiger partial charge in [0.15, 0.2) is 5.78 Å². The summed E-state index contributed by atoms with van der Waals surface area (Å²) in [4.78, 5) is 33.4. The molecule has 0 spiro atoms. The fraction of sp³-hybridized carbons (Fsp3) is 0.250. The number of nitrogens with two attached hydrogens (primary N) is 1. The number of primary amides is 1. The fourth-order valence-electron chi connectivity index (χ4n) is 4.60. The van der Waals surface area contributed by atoms with E-state index in [1.54, 1.807) is 18.3 Å². The minimum absolute atomic E-state index is 0.0379. The quantitative estimate of drug-likeness (QED) is 0.269. The number of rotatable bonds is 8. The Hall–Kier alpha value is -4.21. The fourth-order valence-corrected chi connectivity index (χ4v) is 4.60. The number of nitrogens with zero attached hydrogens (tertiary/aromatic N) is 1. The van der Waals surface area contributed by atoms with Crippen LogP contribution in [0.1, 0.15) is 44.7 Å². The van der Waals surface area contributed by atoms with Gasteiger partial charge in [-0.3, -0.25) is 9.59 Å². The van der Waals surface area contributed by atoms with E-state index < -0.39 is 5.91 Å². The van der Waals surface area contributed by atoms with Crippen LogP contribution in [-0.2, 0) is 4.74 Å². The number of hydrogen-bond donors (Lipinski definition) is 4. The lowest BCUT2D eigenvalue weighted by atomic mass is 9.97. The number of aromatic amines is 1. The van der Waals surface area contributed by atoms with Crippen LogP contribution in [0.4, 0.5) is 5.69 Å². The maximum absolute atomic E-state index is 13.7. The molecule has 4 aromatic rings. The van der Waals surface area contributed by atoms with Gasteiger partial charge in [0.05, 0.1) is 41.5 Å². The number of para-hydroxylation sites is 1. The molecule has 0 bridgehead atoms. The SMILES string of the molecule is Cc1cc(Oc2ccccc2)ccc1C(=O)c1c[nH]c2ncc(C(N)=O)c(N[C@@H]3CC[C@@H](CO)OC3)c12. The number of aliphatic hydroxyl groups excluding tert-OH is 1. The van der Waals surface area contributed by atoms with Gasteiger partial charge in [-0.1, -0.05) is 18.2 Å². The molecule has 2 aromatic heterocycles. The van der Waals surface area contributed by atoms with Crippen molar-refractivity contribution in [2.45, 2.75) is 31.9 Å². The molecule has 2 aromatic carbocycles. The van der Waals surface area contributed by atoms with Gasteiger partial charge in [-0.25, -0.2) is 4.98 Å². The Labute approximate surface area is 213 Å². The van der Waals surface area contributed by atoms with Crippen molar-refractivity contribution in [3.05, 3.63) is 83.2 Å². The van der Waals surface area contributed by atoms with E-state index in [9.17, 15) is 14.7 Å². The van der Waals surface area contributed by atoms with E-state index in [1.807, 2.05) is 43.3 Å². The van der Waals surface area contributed by atoms with Crippen molar-refractivity contribution >= 4 is 28.4 Å². The molecule has 1 aliphatic rings. The minimum Gasteiger partial charge on any atom is -0.457 e. The van der Waals surface area contributed by atoms with Gasteiger partial charge in [-0.05, 0) is 55.7 Å². The smallest absolute Gasteiger partial charge is 0.252 e. The van der Waals surface area contributed by atoms with Crippen LogP contribution in [0.5, 0.6) is 11.5 Å². The predicted molar refractivity (Wildman–Crippen MR) is 139 cm³/mol. The molecule has 0 radical (unpaired) electrons. The average molecular weight is 501 g/mol. The molecular weight excluding hydrogens is 472 g/mol. The van der Waals surface area contributed by atoms with Gasteiger partial charge in [0.2, 0.25) is 0 Å². The molecule has 9 nitrogen and oxygen atoms in total. The normalized spacial score (nSPS) is 17.5. The van der Waals surface area contributed by atoms with Crippen LogP contribution >= 0.6 is 0 Å². The molecule has 9 heteroatoms. The maximum atomic E-state index is 13.7. The number of benzene rings is 2. The van der Waals surface area contributed by atoms with Gasteiger partial charge in [-0.2, -0.15) is 0 Å². The number of pyridine rings is 1. The van der Waals surface area contributed by atoms with Crippen molar-refractivity contribution in [2.75, 3.05) is 18.5 Å². The second-order valence-electron chi connectivity index (χ2n) is 9.11. The first kappa shape index (κ1) is 24.5. The molecule has 5 N–H and O–H groups in total. The van der Waals surface area contributed by atoms with Crippen LogP contribution in [0.15, 0.2) is 60.9 Å². The van der Waals surface area contributed by atoms with E-state index in [4.69, 9.17) is 15.2 Å². The molecule has 1 fully saturated rings. The van der Waals surface area contributed by atoms with Gasteiger partial charge in [0, 0.05) is 24.0 Å². The van der Waals surface area contributed by atoms with Gasteiger partial charge in [-0.15, -0.1) is 0 Å². The van der Waals surface area contributed by atoms with Crippen LogP contribution in [0.2, 0.25) is 0 Å². The zero-order valence-electron chi connectivity index (χ0n) is 20.4. The molecule has 2 atom stereocenters. The number of H-pyrrole nitrogens is 1. The summed E-state index contributed by atoms with van der Waals surface area (Å²) in [5, 5.41) is 13.2. The van der Waals surface area contributed by atoms with Crippen LogP contribution in [0.3, 0.4) is 0 Å². The summed E-state index contributed by atoms with van der Waals surface area (Å²) in [5.74, 6) is 0.454. The Kier molecular flexibility index (Phi) is 6.89. The molecule has 190 valence electrons. The second kappa shape index (κ2) is 10.4. The molecule has 1 saturated heterocycles. The first-order valence-corrected chi connectivity index (χ1v) is 12.1. The predicted octanol–water partition coefficient (Wildman–Crippen LogP) is 3.95. The van der Waals surface area contributed by atoms with Crippen LogP contribution < -0.4 is 15.8 Å². The largest absolute Gasteiger partial charge is 0.457 e. The molecule has 5 rings (SSSR count). The first-order valence-electron chi connectivity index (χ1n) is 12.1. The molecule has 1 aliphatic heterocycles. The van der Waals surface area contributed by atoms with E-state index in [0.717, 1.165) is 12.0 Å². The van der Waals surface area contributed by atoms with E-state index >= 15 is 0 Å². The summed E-state index contributed by atoms with van der Waals surface area (Å²) in [6, 6.07) is 14.6. The Balaban J connectivity index is 1.49. The highest BCUT2D eigenvalue weighted by atomic mass is 16.5. The van der Waals surface area contributed by atoms with Gasteiger partial charge < -0.3 is 30.6 Å². The average Bonchev–Trinajstić information content (AvgIpc) is 3.34. The van der Waals surface area contributed by atoms with Crippen molar-refractivity contribution < 1.29 is 24.2 Å². The van der Waals surface area contributed by atoms with Crippen LogP contribution in [0, 0.1) is 6.92 Å². The summed E-state index contributed by atoms with van der Waals surface area (Å²) in [5.41, 5.74) is 8.39. The lowest BCUT2D eigenvalue weighted by Gasteiger charge is -2.30. The number of aryl methyl sites for hydroxylation is 1. The monoisotopic (exact) mass is 500 g/mol. The Morgan fingerprint density at radius 3 is 2.62 bits per heavy atom. The Morgan fingerprint density at radius 2 is 1.95 bits per heavy atom. The number of ether oxygens (including phenoxy) is 2. The van der Waals surface area contributed by atoms with Gasteiger partial charge >= 0.3 is 0 Å². The van der Waals surface area contributed by atoms with Crippen molar-refractivity contribution in [1.82, 2.24) is 9.97 Å². The minimum atomic E-state index is -0.653. The number of amides is 1. The number of fused-ring (bicyclic) bond motifs is 1. The summed E-state index contributed by atoms with van der Waals surface area (Å²) >= 11 is 0. The lowest BCUT2D eigenvalue weighted by molar-refractivity contribution is -0.0223. The van der Waals surface area contributed by atoms with E-state index in [2.05, 4.69) is 15.3 Å². The zero-order valence-corrected chi connectivity index (χ0v) is 20.4. The Morgan fingerprint density at radius 1 is 1.14 bits per heavy atom. The van der Waals surface area contributed by atoms with E-state index in [-0.39, 0.29) is 30.1 Å². The number of hydrogen-bond acceptors (Lipinski definition) is 7. The van der Waals surface area contributed by atoms with Crippen molar-refractivity contribution in [2.24, 2.45) is 5.73 Å². The maximum Gasteiger partial charge on any atom is 0.252 e. The van der Waals surface area contributed by atoms with Crippen LogP contribution in [0.25, 0.3) is 11.0 Å². The summed E-state index contributed by atoms with van der Waals surface area (Å²) in [6.07, 6.45) is 4.20. The van der Waals surface area contributed by atoms with E-state index in [1.165, 1.54) is 6.20 Å². The topological polar surface area (TPSA) is 140 Å². The third-order valence-electron chi connectivity index (χ3n) is 6.56. The van der Waals surface area contributed by atoms with Crippen molar-refractivity contribution in [1.29, 1.82) is 0 Å². The third kappa shape index (κ3) is 5.04. The van der Waals surface area contributed by atoms with Crippen molar-refractivity contribution in [3.63, 3.8) is 0 Å². The highest BCUT2D eigenvalue weighted by Gasteiger charge is 2.27. The highest BCUT2D eigenvalue weighted by molar-refractivity contribution is 6.20. The molecule has 0 saturated carbocycles.